The maximum Gasteiger partial charge on any atom is 0.229 e. The van der Waals surface area contributed by atoms with Gasteiger partial charge in [0.05, 0.1) is 17.6 Å². The number of nitrogen functional groups attached to an aromatic ring is 1. The molecule has 19 heavy (non-hydrogen) atoms. The van der Waals surface area contributed by atoms with Crippen molar-refractivity contribution in [1.29, 1.82) is 0 Å². The van der Waals surface area contributed by atoms with Crippen molar-refractivity contribution in [3.05, 3.63) is 35.8 Å². The lowest BCUT2D eigenvalue weighted by Crippen LogP contribution is -2.11. The summed E-state index contributed by atoms with van der Waals surface area (Å²) < 4.78 is 26.4. The van der Waals surface area contributed by atoms with Gasteiger partial charge in [0.1, 0.15) is 5.82 Å². The van der Waals surface area contributed by atoms with Crippen LogP contribution in [0.5, 0.6) is 0 Å². The van der Waals surface area contributed by atoms with Gasteiger partial charge in [0.15, 0.2) is 0 Å². The highest BCUT2D eigenvalue weighted by molar-refractivity contribution is 7.92. The van der Waals surface area contributed by atoms with E-state index >= 15 is 0 Å². The van der Waals surface area contributed by atoms with E-state index in [9.17, 15) is 8.42 Å². The van der Waals surface area contributed by atoms with E-state index in [1.807, 2.05) is 19.9 Å². The summed E-state index contributed by atoms with van der Waals surface area (Å²) in [5.74, 6) is 6.53. The van der Waals surface area contributed by atoms with E-state index < -0.39 is 10.0 Å². The van der Waals surface area contributed by atoms with Crippen molar-refractivity contribution in [2.75, 3.05) is 16.8 Å². The molecule has 0 amide bonds. The van der Waals surface area contributed by atoms with Gasteiger partial charge in [-0.1, -0.05) is 12.1 Å². The molecule has 2 aromatic rings. The molecule has 1 heterocycles. The van der Waals surface area contributed by atoms with Gasteiger partial charge in [0.25, 0.3) is 0 Å². The van der Waals surface area contributed by atoms with Gasteiger partial charge < -0.3 is 5.84 Å². The molecule has 3 N–H and O–H groups in total. The second-order valence-electron chi connectivity index (χ2n) is 4.42. The highest BCUT2D eigenvalue weighted by Gasteiger charge is 2.12. The van der Waals surface area contributed by atoms with E-state index in [1.165, 1.54) is 4.68 Å². The predicted molar refractivity (Wildman–Crippen MR) is 75.8 cm³/mol. The number of nitrogens with zero attached hydrogens (tertiary/aromatic N) is 2. The Kier molecular flexibility index (Phi) is 3.23. The van der Waals surface area contributed by atoms with E-state index in [1.54, 1.807) is 18.2 Å². The Morgan fingerprint density at radius 3 is 2.53 bits per heavy atom. The number of anilines is 1. The van der Waals surface area contributed by atoms with E-state index in [0.29, 0.717) is 11.5 Å². The van der Waals surface area contributed by atoms with E-state index in [0.717, 1.165) is 23.2 Å². The van der Waals surface area contributed by atoms with Crippen molar-refractivity contribution < 1.29 is 8.42 Å². The number of nitrogens with two attached hydrogens (primary N) is 1. The molecule has 0 aliphatic carbocycles. The molecule has 0 unspecified atom stereocenters. The number of sulfonamides is 1. The number of nitrogens with one attached hydrogen (secondary N) is 1. The number of aromatic nitrogens is 2. The summed E-state index contributed by atoms with van der Waals surface area (Å²) in [7, 11) is -3.29. The Balaban J connectivity index is 2.46. The number of benzene rings is 1. The number of imidazole rings is 1. The molecule has 102 valence electrons. The lowest BCUT2D eigenvalue weighted by molar-refractivity contribution is 0.607. The molecule has 6 nitrogen and oxygen atoms in total. The summed E-state index contributed by atoms with van der Waals surface area (Å²) in [4.78, 5) is 4.38. The first-order valence-corrected chi connectivity index (χ1v) is 7.56. The zero-order valence-electron chi connectivity index (χ0n) is 11.0. The maximum absolute atomic E-state index is 11.2. The van der Waals surface area contributed by atoms with Gasteiger partial charge in [-0.25, -0.2) is 13.4 Å². The molecule has 0 saturated heterocycles. The van der Waals surface area contributed by atoms with Crippen molar-refractivity contribution in [3.8, 4) is 11.3 Å². The Morgan fingerprint density at radius 2 is 2.00 bits per heavy atom. The molecule has 0 fully saturated rings. The van der Waals surface area contributed by atoms with Crippen molar-refractivity contribution in [1.82, 2.24) is 9.66 Å². The molecule has 0 atom stereocenters. The number of hydrogen-bond acceptors (Lipinski definition) is 4. The molecule has 7 heteroatoms. The van der Waals surface area contributed by atoms with E-state index in [-0.39, 0.29) is 0 Å². The van der Waals surface area contributed by atoms with E-state index in [4.69, 9.17) is 5.84 Å². The summed E-state index contributed by atoms with van der Waals surface area (Å²) in [5, 5.41) is 0. The van der Waals surface area contributed by atoms with E-state index in [2.05, 4.69) is 9.71 Å². The standard InChI is InChI=1S/C12H16N4O2S/c1-8-12(14-9(2)16(8)13)10-5-4-6-11(7-10)15-19(3,17)18/h4-7,15H,13H2,1-3H3. The molecule has 2 rings (SSSR count). The first-order valence-electron chi connectivity index (χ1n) is 5.67. The number of aryl methyl sites for hydroxylation is 1. The molecule has 0 aliphatic heterocycles. The van der Waals surface area contributed by atoms with Gasteiger partial charge >= 0.3 is 0 Å². The van der Waals surface area contributed by atoms with Crippen molar-refractivity contribution in [2.45, 2.75) is 13.8 Å². The quantitative estimate of drug-likeness (QED) is 0.828. The number of hydrogen-bond donors (Lipinski definition) is 2. The van der Waals surface area contributed by atoms with Crippen molar-refractivity contribution >= 4 is 15.7 Å². The van der Waals surface area contributed by atoms with Crippen LogP contribution in [0.15, 0.2) is 24.3 Å². The Labute approximate surface area is 112 Å². The second-order valence-corrected chi connectivity index (χ2v) is 6.17. The lowest BCUT2D eigenvalue weighted by atomic mass is 10.1. The number of rotatable bonds is 3. The first-order chi connectivity index (χ1) is 8.78. The van der Waals surface area contributed by atoms with Crippen LogP contribution in [0.4, 0.5) is 5.69 Å². The monoisotopic (exact) mass is 280 g/mol. The molecular weight excluding hydrogens is 264 g/mol. The van der Waals surface area contributed by atoms with Crippen LogP contribution >= 0.6 is 0 Å². The van der Waals surface area contributed by atoms with Crippen molar-refractivity contribution in [3.63, 3.8) is 0 Å². The maximum atomic E-state index is 11.2. The van der Waals surface area contributed by atoms with Gasteiger partial charge in [0.2, 0.25) is 10.0 Å². The van der Waals surface area contributed by atoms with Gasteiger partial charge in [0, 0.05) is 11.3 Å². The van der Waals surface area contributed by atoms with Gasteiger partial charge in [-0.15, -0.1) is 0 Å². The third-order valence-electron chi connectivity index (χ3n) is 2.77. The van der Waals surface area contributed by atoms with Crippen LogP contribution in [0.25, 0.3) is 11.3 Å². The minimum absolute atomic E-state index is 0.503. The fourth-order valence-corrected chi connectivity index (χ4v) is 2.43. The van der Waals surface area contributed by atoms with Crippen LogP contribution in [0.3, 0.4) is 0 Å². The SMILES string of the molecule is Cc1nc(-c2cccc(NS(C)(=O)=O)c2)c(C)n1N. The smallest absolute Gasteiger partial charge is 0.229 e. The minimum atomic E-state index is -3.29. The van der Waals surface area contributed by atoms with Gasteiger partial charge in [-0.05, 0) is 26.0 Å². The van der Waals surface area contributed by atoms with Gasteiger partial charge in [-0.3, -0.25) is 9.40 Å². The summed E-state index contributed by atoms with van der Waals surface area (Å²) in [6.45, 7) is 3.68. The van der Waals surface area contributed by atoms with Crippen LogP contribution in [0, 0.1) is 13.8 Å². The summed E-state index contributed by atoms with van der Waals surface area (Å²) >= 11 is 0. The zero-order chi connectivity index (χ0) is 14.2. The highest BCUT2D eigenvalue weighted by Crippen LogP contribution is 2.25. The molecule has 0 bridgehead atoms. The molecule has 0 aliphatic rings. The van der Waals surface area contributed by atoms with Gasteiger partial charge in [-0.2, -0.15) is 0 Å². The van der Waals surface area contributed by atoms with Crippen LogP contribution < -0.4 is 10.6 Å². The fraction of sp³-hybridized carbons (Fsp3) is 0.250. The molecule has 0 radical (unpaired) electrons. The highest BCUT2D eigenvalue weighted by atomic mass is 32.2. The normalized spacial score (nSPS) is 11.5. The average molecular weight is 280 g/mol. The van der Waals surface area contributed by atoms with Crippen molar-refractivity contribution in [2.24, 2.45) is 0 Å². The molecule has 0 saturated carbocycles. The Hall–Kier alpha value is -2.02. The fourth-order valence-electron chi connectivity index (χ4n) is 1.87. The molecule has 1 aromatic carbocycles. The lowest BCUT2D eigenvalue weighted by Gasteiger charge is -2.06. The average Bonchev–Trinajstić information content (AvgIpc) is 2.55. The Morgan fingerprint density at radius 1 is 1.32 bits per heavy atom. The van der Waals surface area contributed by atoms with Crippen LogP contribution in [0.1, 0.15) is 11.5 Å². The molecule has 1 aromatic heterocycles. The van der Waals surface area contributed by atoms with Crippen LogP contribution in [-0.4, -0.2) is 24.3 Å². The summed E-state index contributed by atoms with van der Waals surface area (Å²) in [6.07, 6.45) is 1.11. The van der Waals surface area contributed by atoms with Crippen LogP contribution in [0.2, 0.25) is 0 Å². The molecule has 0 spiro atoms. The Bertz CT molecular complexity index is 719. The second kappa shape index (κ2) is 4.58. The summed E-state index contributed by atoms with van der Waals surface area (Å²) in [5.41, 5.74) is 2.90. The minimum Gasteiger partial charge on any atom is -0.338 e. The first kappa shape index (κ1) is 13.4. The third-order valence-corrected chi connectivity index (χ3v) is 3.37. The third kappa shape index (κ3) is 2.87. The topological polar surface area (TPSA) is 90.0 Å². The largest absolute Gasteiger partial charge is 0.338 e. The zero-order valence-corrected chi connectivity index (χ0v) is 11.8. The predicted octanol–water partition coefficient (Wildman–Crippen LogP) is 1.25. The summed E-state index contributed by atoms with van der Waals surface area (Å²) in [6, 6.07) is 7.05. The molecular formula is C12H16N4O2S. The van der Waals surface area contributed by atoms with Crippen LogP contribution in [-0.2, 0) is 10.0 Å².